The van der Waals surface area contributed by atoms with Gasteiger partial charge in [0.25, 0.3) is 0 Å². The van der Waals surface area contributed by atoms with Crippen molar-refractivity contribution in [3.05, 3.63) is 175 Å². The van der Waals surface area contributed by atoms with Crippen LogP contribution in [0.4, 0.5) is 11.4 Å². The van der Waals surface area contributed by atoms with Gasteiger partial charge in [-0.2, -0.15) is 0 Å². The molecule has 0 radical (unpaired) electrons. The molecule has 0 fully saturated rings. The van der Waals surface area contributed by atoms with E-state index >= 15 is 0 Å². The third-order valence-corrected chi connectivity index (χ3v) is 10.1. The van der Waals surface area contributed by atoms with Crippen LogP contribution in [-0.2, 0) is 0 Å². The lowest BCUT2D eigenvalue weighted by molar-refractivity contribution is 1.01. The highest BCUT2D eigenvalue weighted by Crippen LogP contribution is 2.44. The molecule has 10 rings (SSSR count). The van der Waals surface area contributed by atoms with E-state index in [0.29, 0.717) is 5.95 Å². The number of para-hydroxylation sites is 2. The number of fused-ring (bicyclic) bond motifs is 8. The van der Waals surface area contributed by atoms with Crippen molar-refractivity contribution in [1.29, 1.82) is 5.41 Å². The molecule has 0 unspecified atom stereocenters. The van der Waals surface area contributed by atoms with Crippen LogP contribution in [0, 0.1) is 5.41 Å². The Balaban J connectivity index is 1.38. The van der Waals surface area contributed by atoms with Crippen LogP contribution in [0.3, 0.4) is 0 Å². The molecule has 5 heteroatoms. The highest BCUT2D eigenvalue weighted by Gasteiger charge is 2.22. The molecule has 0 amide bonds. The summed E-state index contributed by atoms with van der Waals surface area (Å²) in [5.74, 6) is 0.591. The second-order valence-corrected chi connectivity index (χ2v) is 13.1. The SMILES string of the molecule is N=Cc1cc2c3c4c(ccc3n(-c3nc(-c5ccccc5)c5ccccc5n3)c2cc1Nc1ccccc1)c(-c1ccccc1)cc1ccccc14. The smallest absolute Gasteiger partial charge is 0.235 e. The summed E-state index contributed by atoms with van der Waals surface area (Å²) in [4.78, 5) is 10.6. The maximum atomic E-state index is 8.56. The van der Waals surface area contributed by atoms with Crippen molar-refractivity contribution in [3.8, 4) is 28.3 Å². The van der Waals surface area contributed by atoms with E-state index in [1.54, 1.807) is 0 Å². The monoisotopic (exact) mass is 665 g/mol. The van der Waals surface area contributed by atoms with Gasteiger partial charge in [0.1, 0.15) is 0 Å². The average Bonchev–Trinajstić information content (AvgIpc) is 3.54. The van der Waals surface area contributed by atoms with Gasteiger partial charge in [-0.05, 0) is 69.8 Å². The van der Waals surface area contributed by atoms with Crippen molar-refractivity contribution < 1.29 is 0 Å². The van der Waals surface area contributed by atoms with Gasteiger partial charge in [0.2, 0.25) is 5.95 Å². The molecule has 10 aromatic rings. The third kappa shape index (κ3) is 4.75. The predicted octanol–water partition coefficient (Wildman–Crippen LogP) is 12.1. The lowest BCUT2D eigenvalue weighted by Crippen LogP contribution is -2.04. The fourth-order valence-corrected chi connectivity index (χ4v) is 7.72. The third-order valence-electron chi connectivity index (χ3n) is 10.1. The molecule has 2 heterocycles. The number of aromatic nitrogens is 3. The zero-order valence-electron chi connectivity index (χ0n) is 28.1. The molecule has 8 aromatic carbocycles. The van der Waals surface area contributed by atoms with Gasteiger partial charge in [0.05, 0.1) is 22.2 Å². The lowest BCUT2D eigenvalue weighted by atomic mass is 9.91. The number of rotatable bonds is 6. The number of hydrogen-bond acceptors (Lipinski definition) is 4. The zero-order chi connectivity index (χ0) is 34.6. The predicted molar refractivity (Wildman–Crippen MR) is 217 cm³/mol. The molecule has 0 atom stereocenters. The minimum atomic E-state index is 0.591. The van der Waals surface area contributed by atoms with Gasteiger partial charge in [-0.1, -0.05) is 127 Å². The van der Waals surface area contributed by atoms with Crippen LogP contribution in [0.15, 0.2) is 170 Å². The van der Waals surface area contributed by atoms with Crippen LogP contribution in [0.5, 0.6) is 0 Å². The van der Waals surface area contributed by atoms with Crippen LogP contribution in [-0.4, -0.2) is 20.7 Å². The van der Waals surface area contributed by atoms with Crippen molar-refractivity contribution in [2.24, 2.45) is 0 Å². The Labute approximate surface area is 300 Å². The molecular formula is C47H31N5. The van der Waals surface area contributed by atoms with Gasteiger partial charge in [0.15, 0.2) is 0 Å². The van der Waals surface area contributed by atoms with E-state index in [1.807, 2.05) is 60.7 Å². The molecule has 2 N–H and O–H groups in total. The van der Waals surface area contributed by atoms with Crippen molar-refractivity contribution in [1.82, 2.24) is 14.5 Å². The van der Waals surface area contributed by atoms with Crippen LogP contribution in [0.25, 0.3) is 82.6 Å². The molecule has 0 aliphatic heterocycles. The van der Waals surface area contributed by atoms with E-state index < -0.39 is 0 Å². The Morgan fingerprint density at radius 1 is 0.519 bits per heavy atom. The van der Waals surface area contributed by atoms with E-state index in [-0.39, 0.29) is 0 Å². The van der Waals surface area contributed by atoms with Crippen LogP contribution in [0.1, 0.15) is 5.56 Å². The van der Waals surface area contributed by atoms with Crippen LogP contribution in [0.2, 0.25) is 0 Å². The molecule has 0 saturated heterocycles. The number of benzene rings is 8. The van der Waals surface area contributed by atoms with Gasteiger partial charge < -0.3 is 10.7 Å². The van der Waals surface area contributed by atoms with E-state index in [2.05, 4.69) is 119 Å². The Hall–Kier alpha value is -7.11. The summed E-state index contributed by atoms with van der Waals surface area (Å²) in [7, 11) is 0. The van der Waals surface area contributed by atoms with Gasteiger partial charge >= 0.3 is 0 Å². The maximum Gasteiger partial charge on any atom is 0.235 e. The number of nitrogens with zero attached hydrogens (tertiary/aromatic N) is 3. The topological polar surface area (TPSA) is 66.6 Å². The summed E-state index contributed by atoms with van der Waals surface area (Å²) < 4.78 is 2.21. The first kappa shape index (κ1) is 29.8. The number of hydrogen-bond donors (Lipinski definition) is 2. The fourth-order valence-electron chi connectivity index (χ4n) is 7.72. The fraction of sp³-hybridized carbons (Fsp3) is 0. The van der Waals surface area contributed by atoms with E-state index in [9.17, 15) is 0 Å². The van der Waals surface area contributed by atoms with Gasteiger partial charge in [-0.25, -0.2) is 9.97 Å². The first-order valence-electron chi connectivity index (χ1n) is 17.4. The molecule has 52 heavy (non-hydrogen) atoms. The van der Waals surface area contributed by atoms with Crippen molar-refractivity contribution >= 4 is 71.8 Å². The van der Waals surface area contributed by atoms with Gasteiger partial charge in [-0.15, -0.1) is 0 Å². The van der Waals surface area contributed by atoms with Crippen LogP contribution < -0.4 is 5.32 Å². The Morgan fingerprint density at radius 2 is 1.19 bits per heavy atom. The molecule has 0 bridgehead atoms. The largest absolute Gasteiger partial charge is 0.355 e. The molecular weight excluding hydrogens is 635 g/mol. The zero-order valence-corrected chi connectivity index (χ0v) is 28.1. The van der Waals surface area contributed by atoms with Crippen molar-refractivity contribution in [2.75, 3.05) is 5.32 Å². The molecule has 244 valence electrons. The number of nitrogens with one attached hydrogen (secondary N) is 2. The summed E-state index contributed by atoms with van der Waals surface area (Å²) in [5.41, 5.74) is 9.66. The summed E-state index contributed by atoms with van der Waals surface area (Å²) in [6.07, 6.45) is 1.44. The molecule has 0 saturated carbocycles. The van der Waals surface area contributed by atoms with Crippen LogP contribution >= 0.6 is 0 Å². The second-order valence-electron chi connectivity index (χ2n) is 13.1. The molecule has 0 aliphatic carbocycles. The first-order chi connectivity index (χ1) is 25.7. The lowest BCUT2D eigenvalue weighted by Gasteiger charge is -2.14. The van der Waals surface area contributed by atoms with Crippen molar-refractivity contribution in [3.63, 3.8) is 0 Å². The van der Waals surface area contributed by atoms with E-state index in [1.165, 1.54) is 38.9 Å². The summed E-state index contributed by atoms with van der Waals surface area (Å²) in [6.45, 7) is 0. The van der Waals surface area contributed by atoms with Gasteiger partial charge in [-0.3, -0.25) is 4.57 Å². The normalized spacial score (nSPS) is 11.5. The summed E-state index contributed by atoms with van der Waals surface area (Å²) in [6, 6.07) is 59.0. The molecule has 2 aromatic heterocycles. The van der Waals surface area contributed by atoms with E-state index in [0.717, 1.165) is 60.9 Å². The molecule has 5 nitrogen and oxygen atoms in total. The van der Waals surface area contributed by atoms with Gasteiger partial charge in [0, 0.05) is 50.3 Å². The minimum Gasteiger partial charge on any atom is -0.355 e. The number of anilines is 2. The summed E-state index contributed by atoms with van der Waals surface area (Å²) in [5, 5.41) is 20.0. The summed E-state index contributed by atoms with van der Waals surface area (Å²) >= 11 is 0. The quantitative estimate of drug-likeness (QED) is 0.137. The molecule has 0 spiro atoms. The molecule has 0 aliphatic rings. The standard InChI is InChI=1S/C47H31N5/c48-29-33-27-39-43(28-41(33)49-34-19-8-3-9-20-34)52(47-50-40-23-13-12-22-37(40)46(51-47)31-16-6-2-7-17-31)42-25-24-36-38(30-14-4-1-5-15-30)26-32-18-10-11-21-35(32)44(36)45(39)42/h1-29,48-49H. The maximum absolute atomic E-state index is 8.56. The van der Waals surface area contributed by atoms with E-state index in [4.69, 9.17) is 15.4 Å². The Bertz CT molecular complexity index is 2990. The Morgan fingerprint density at radius 3 is 1.96 bits per heavy atom. The highest BCUT2D eigenvalue weighted by molar-refractivity contribution is 6.31. The van der Waals surface area contributed by atoms with Crippen molar-refractivity contribution in [2.45, 2.75) is 0 Å². The minimum absolute atomic E-state index is 0.591. The second kappa shape index (κ2) is 12.0. The highest BCUT2D eigenvalue weighted by atomic mass is 15.2. The Kier molecular flexibility index (Phi) is 6.89. The average molecular weight is 666 g/mol. The first-order valence-corrected chi connectivity index (χ1v) is 17.4.